The zero-order chi connectivity index (χ0) is 19.7. The number of anilines is 1. The molecule has 1 unspecified atom stereocenters. The van der Waals surface area contributed by atoms with Crippen molar-refractivity contribution in [2.75, 3.05) is 11.9 Å². The highest BCUT2D eigenvalue weighted by atomic mass is 35.5. The van der Waals surface area contributed by atoms with Gasteiger partial charge in [0.05, 0.1) is 11.7 Å². The lowest BCUT2D eigenvalue weighted by Gasteiger charge is -2.13. The van der Waals surface area contributed by atoms with Crippen molar-refractivity contribution in [1.29, 1.82) is 0 Å². The minimum Gasteiger partial charge on any atom is -0.387 e. The molecule has 0 radical (unpaired) electrons. The molecule has 2 N–H and O–H groups in total. The third-order valence-corrected chi connectivity index (χ3v) is 4.56. The number of fused-ring (bicyclic) bond motifs is 1. The van der Waals surface area contributed by atoms with Gasteiger partial charge in [0, 0.05) is 16.6 Å². The predicted octanol–water partition coefficient (Wildman–Crippen LogP) is 4.38. The van der Waals surface area contributed by atoms with Gasteiger partial charge in [0.2, 0.25) is 0 Å². The van der Waals surface area contributed by atoms with Crippen LogP contribution in [0.2, 0.25) is 10.0 Å². The smallest absolute Gasteiger partial charge is 0.188 e. The third kappa shape index (κ3) is 3.77. The van der Waals surface area contributed by atoms with Crippen LogP contribution in [0.25, 0.3) is 17.0 Å². The Balaban J connectivity index is 1.58. The van der Waals surface area contributed by atoms with Crippen LogP contribution >= 0.6 is 23.2 Å². The number of hydrogen-bond acceptors (Lipinski definition) is 5. The molecule has 4 rings (SSSR count). The SMILES string of the molecule is OC(CNc1ccc2nnc(-c3ccccc3F)n2n1)c1cc(Cl)cc(Cl)c1. The average molecular weight is 418 g/mol. The minimum atomic E-state index is -0.847. The lowest BCUT2D eigenvalue weighted by molar-refractivity contribution is 0.191. The average Bonchev–Trinajstić information content (AvgIpc) is 3.09. The van der Waals surface area contributed by atoms with Crippen molar-refractivity contribution in [3.8, 4) is 11.4 Å². The Bertz CT molecular complexity index is 1130. The molecule has 0 aliphatic heterocycles. The van der Waals surface area contributed by atoms with E-state index in [1.165, 1.54) is 10.6 Å². The lowest BCUT2D eigenvalue weighted by atomic mass is 10.1. The number of rotatable bonds is 5. The number of aliphatic hydroxyl groups is 1. The zero-order valence-electron chi connectivity index (χ0n) is 14.4. The Morgan fingerprint density at radius 3 is 2.54 bits per heavy atom. The van der Waals surface area contributed by atoms with Crippen LogP contribution in [0.3, 0.4) is 0 Å². The lowest BCUT2D eigenvalue weighted by Crippen LogP contribution is -2.14. The number of hydrogen-bond donors (Lipinski definition) is 2. The molecule has 0 aliphatic rings. The van der Waals surface area contributed by atoms with Crippen molar-refractivity contribution in [2.45, 2.75) is 6.10 Å². The number of aromatic nitrogens is 4. The van der Waals surface area contributed by atoms with Gasteiger partial charge in [0.1, 0.15) is 11.6 Å². The maximum absolute atomic E-state index is 14.1. The van der Waals surface area contributed by atoms with Crippen LogP contribution in [-0.2, 0) is 0 Å². The first-order chi connectivity index (χ1) is 13.5. The Kier molecular flexibility index (Phi) is 5.13. The number of halogens is 3. The van der Waals surface area contributed by atoms with Crippen LogP contribution in [0.1, 0.15) is 11.7 Å². The first kappa shape index (κ1) is 18.6. The molecule has 0 aliphatic carbocycles. The van der Waals surface area contributed by atoms with E-state index in [0.717, 1.165) is 0 Å². The van der Waals surface area contributed by atoms with Gasteiger partial charge in [0.15, 0.2) is 11.5 Å². The monoisotopic (exact) mass is 417 g/mol. The minimum absolute atomic E-state index is 0.173. The molecule has 9 heteroatoms. The van der Waals surface area contributed by atoms with Gasteiger partial charge in [-0.05, 0) is 48.0 Å². The largest absolute Gasteiger partial charge is 0.387 e. The fourth-order valence-electron chi connectivity index (χ4n) is 2.78. The van der Waals surface area contributed by atoms with E-state index in [-0.39, 0.29) is 6.54 Å². The van der Waals surface area contributed by atoms with Gasteiger partial charge in [0.25, 0.3) is 0 Å². The molecule has 2 heterocycles. The maximum Gasteiger partial charge on any atom is 0.188 e. The standard InChI is InChI=1S/C19H14Cl2FN5O/c20-12-7-11(8-13(21)9-12)16(28)10-23-17-5-6-18-24-25-19(27(18)26-17)14-3-1-2-4-15(14)22/h1-9,16,28H,10H2,(H,23,26). The highest BCUT2D eigenvalue weighted by Gasteiger charge is 2.14. The van der Waals surface area contributed by atoms with Crippen LogP contribution in [0.5, 0.6) is 0 Å². The molecule has 142 valence electrons. The molecule has 28 heavy (non-hydrogen) atoms. The Hall–Kier alpha value is -2.74. The first-order valence-electron chi connectivity index (χ1n) is 8.36. The van der Waals surface area contributed by atoms with Crippen LogP contribution in [0.15, 0.2) is 54.6 Å². The van der Waals surface area contributed by atoms with Gasteiger partial charge < -0.3 is 10.4 Å². The van der Waals surface area contributed by atoms with E-state index in [1.54, 1.807) is 48.5 Å². The molecule has 0 fully saturated rings. The van der Waals surface area contributed by atoms with Gasteiger partial charge in [-0.2, -0.15) is 4.52 Å². The molecule has 4 aromatic rings. The Labute approximate surface area is 169 Å². The summed E-state index contributed by atoms with van der Waals surface area (Å²) >= 11 is 12.0. The second-order valence-electron chi connectivity index (χ2n) is 6.09. The number of nitrogens with one attached hydrogen (secondary N) is 1. The second-order valence-corrected chi connectivity index (χ2v) is 6.96. The van der Waals surface area contributed by atoms with E-state index < -0.39 is 11.9 Å². The van der Waals surface area contributed by atoms with E-state index in [0.29, 0.717) is 38.5 Å². The van der Waals surface area contributed by atoms with E-state index in [2.05, 4.69) is 20.6 Å². The molecule has 6 nitrogen and oxygen atoms in total. The van der Waals surface area contributed by atoms with Crippen LogP contribution < -0.4 is 5.32 Å². The third-order valence-electron chi connectivity index (χ3n) is 4.12. The van der Waals surface area contributed by atoms with Gasteiger partial charge in [-0.3, -0.25) is 0 Å². The normalized spacial score (nSPS) is 12.3. The fourth-order valence-corrected chi connectivity index (χ4v) is 3.32. The van der Waals surface area contributed by atoms with Gasteiger partial charge in [-0.1, -0.05) is 35.3 Å². The Morgan fingerprint density at radius 2 is 1.79 bits per heavy atom. The van der Waals surface area contributed by atoms with E-state index in [9.17, 15) is 9.50 Å². The molecule has 0 spiro atoms. The van der Waals surface area contributed by atoms with Crippen LogP contribution in [-0.4, -0.2) is 31.5 Å². The molecular formula is C19H14Cl2FN5O. The topological polar surface area (TPSA) is 75.3 Å². The molecular weight excluding hydrogens is 404 g/mol. The summed E-state index contributed by atoms with van der Waals surface area (Å²) in [7, 11) is 0. The van der Waals surface area contributed by atoms with Crippen molar-refractivity contribution in [1.82, 2.24) is 19.8 Å². The van der Waals surface area contributed by atoms with E-state index in [1.807, 2.05) is 0 Å². The molecule has 0 bridgehead atoms. The zero-order valence-corrected chi connectivity index (χ0v) is 15.9. The van der Waals surface area contributed by atoms with Crippen LogP contribution in [0.4, 0.5) is 10.2 Å². The first-order valence-corrected chi connectivity index (χ1v) is 9.12. The summed E-state index contributed by atoms with van der Waals surface area (Å²) in [5.41, 5.74) is 1.36. The van der Waals surface area contributed by atoms with Crippen molar-refractivity contribution in [3.63, 3.8) is 0 Å². The van der Waals surface area contributed by atoms with Gasteiger partial charge in [-0.15, -0.1) is 15.3 Å². The van der Waals surface area contributed by atoms with E-state index >= 15 is 0 Å². The summed E-state index contributed by atoms with van der Waals surface area (Å²) < 4.78 is 15.6. The van der Waals surface area contributed by atoms with Crippen molar-refractivity contribution >= 4 is 34.7 Å². The number of aliphatic hydroxyl groups excluding tert-OH is 1. The highest BCUT2D eigenvalue weighted by Crippen LogP contribution is 2.24. The molecule has 2 aromatic carbocycles. The molecule has 0 saturated heterocycles. The van der Waals surface area contributed by atoms with E-state index in [4.69, 9.17) is 23.2 Å². The fraction of sp³-hybridized carbons (Fsp3) is 0.105. The summed E-state index contributed by atoms with van der Waals surface area (Å²) in [4.78, 5) is 0. The van der Waals surface area contributed by atoms with Crippen molar-refractivity contribution in [3.05, 3.63) is 76.0 Å². The number of nitrogens with zero attached hydrogens (tertiary/aromatic N) is 4. The van der Waals surface area contributed by atoms with Gasteiger partial charge >= 0.3 is 0 Å². The molecule has 2 aromatic heterocycles. The maximum atomic E-state index is 14.1. The van der Waals surface area contributed by atoms with Crippen molar-refractivity contribution < 1.29 is 9.50 Å². The van der Waals surface area contributed by atoms with Crippen molar-refractivity contribution in [2.24, 2.45) is 0 Å². The summed E-state index contributed by atoms with van der Waals surface area (Å²) in [5, 5.41) is 26.8. The molecule has 0 saturated carbocycles. The predicted molar refractivity (Wildman–Crippen MR) is 106 cm³/mol. The summed E-state index contributed by atoms with van der Waals surface area (Å²) in [5.74, 6) is 0.348. The number of benzene rings is 2. The summed E-state index contributed by atoms with van der Waals surface area (Å²) in [6.07, 6.45) is -0.847. The Morgan fingerprint density at radius 1 is 1.04 bits per heavy atom. The molecule has 1 atom stereocenters. The molecule has 0 amide bonds. The van der Waals surface area contributed by atoms with Gasteiger partial charge in [-0.25, -0.2) is 4.39 Å². The quantitative estimate of drug-likeness (QED) is 0.503. The summed E-state index contributed by atoms with van der Waals surface area (Å²) in [6.45, 7) is 0.173. The second kappa shape index (κ2) is 7.71. The highest BCUT2D eigenvalue weighted by molar-refractivity contribution is 6.34. The summed E-state index contributed by atoms with van der Waals surface area (Å²) in [6, 6.07) is 14.6. The van der Waals surface area contributed by atoms with Crippen LogP contribution in [0, 0.1) is 5.82 Å².